The molecule has 108 valence electrons. The van der Waals surface area contributed by atoms with Crippen LogP contribution >= 0.6 is 0 Å². The number of aromatic nitrogens is 4. The van der Waals surface area contributed by atoms with E-state index in [1.807, 2.05) is 31.2 Å². The van der Waals surface area contributed by atoms with Gasteiger partial charge in [0, 0.05) is 5.69 Å². The van der Waals surface area contributed by atoms with Gasteiger partial charge in [-0.05, 0) is 18.6 Å². The molecule has 3 aromatic rings. The zero-order valence-corrected chi connectivity index (χ0v) is 11.6. The van der Waals surface area contributed by atoms with E-state index >= 15 is 0 Å². The molecule has 0 bridgehead atoms. The lowest BCUT2D eigenvalue weighted by Gasteiger charge is -2.09. The van der Waals surface area contributed by atoms with Crippen LogP contribution in [-0.4, -0.2) is 25.7 Å². The number of nitrogens with zero attached hydrogens (tertiary/aromatic N) is 5. The summed E-state index contributed by atoms with van der Waals surface area (Å²) in [7, 11) is 0. The molecule has 0 saturated carbocycles. The number of anilines is 2. The van der Waals surface area contributed by atoms with Gasteiger partial charge in [0.15, 0.2) is 17.2 Å². The van der Waals surface area contributed by atoms with E-state index in [4.69, 9.17) is 11.0 Å². The fraction of sp³-hybridized carbons (Fsp3) is 0.0714. The first kappa shape index (κ1) is 13.5. The summed E-state index contributed by atoms with van der Waals surface area (Å²) < 4.78 is 1.22. The number of benzene rings is 1. The highest BCUT2D eigenvalue weighted by Gasteiger charge is 2.18. The summed E-state index contributed by atoms with van der Waals surface area (Å²) >= 11 is 0. The summed E-state index contributed by atoms with van der Waals surface area (Å²) in [4.78, 5) is 12.3. The standard InChI is InChI=1S/C14H11N7O/c1-8-4-2-3-5-10(8)18-14(22)11-12(16)21-13(20-19-11)9(6-15)7-17-21/h2-5,7H,16H2,1H3,(H,18,22). The van der Waals surface area contributed by atoms with Gasteiger partial charge >= 0.3 is 0 Å². The minimum atomic E-state index is -0.491. The maximum atomic E-state index is 12.3. The van der Waals surface area contributed by atoms with Crippen LogP contribution in [-0.2, 0) is 0 Å². The molecular weight excluding hydrogens is 282 g/mol. The second kappa shape index (κ2) is 5.14. The average molecular weight is 293 g/mol. The molecular formula is C14H11N7O. The highest BCUT2D eigenvalue weighted by molar-refractivity contribution is 6.06. The molecule has 0 unspecified atom stereocenters. The molecule has 0 radical (unpaired) electrons. The normalized spacial score (nSPS) is 10.4. The second-order valence-electron chi connectivity index (χ2n) is 4.61. The Morgan fingerprint density at radius 3 is 2.86 bits per heavy atom. The van der Waals surface area contributed by atoms with Gasteiger partial charge in [-0.25, -0.2) is 0 Å². The maximum absolute atomic E-state index is 12.3. The summed E-state index contributed by atoms with van der Waals surface area (Å²) in [6, 6.07) is 9.27. The van der Waals surface area contributed by atoms with Crippen molar-refractivity contribution in [2.24, 2.45) is 0 Å². The number of aryl methyl sites for hydroxylation is 1. The van der Waals surface area contributed by atoms with Crippen molar-refractivity contribution < 1.29 is 4.79 Å². The van der Waals surface area contributed by atoms with Crippen molar-refractivity contribution in [1.29, 1.82) is 5.26 Å². The highest BCUT2D eigenvalue weighted by Crippen LogP contribution is 2.17. The quantitative estimate of drug-likeness (QED) is 0.730. The van der Waals surface area contributed by atoms with Crippen molar-refractivity contribution in [3.05, 3.63) is 47.3 Å². The van der Waals surface area contributed by atoms with Crippen molar-refractivity contribution in [3.63, 3.8) is 0 Å². The number of carbonyl (C=O) groups is 1. The Labute approximate surface area is 125 Å². The largest absolute Gasteiger partial charge is 0.382 e. The van der Waals surface area contributed by atoms with Crippen LogP contribution in [0.2, 0.25) is 0 Å². The number of nitrogens with two attached hydrogens (primary N) is 1. The Morgan fingerprint density at radius 2 is 2.14 bits per heavy atom. The molecule has 0 aliphatic rings. The molecule has 0 saturated heterocycles. The number of para-hydroxylation sites is 1. The molecule has 1 amide bonds. The van der Waals surface area contributed by atoms with E-state index < -0.39 is 5.91 Å². The summed E-state index contributed by atoms with van der Waals surface area (Å²) in [5.74, 6) is -0.465. The average Bonchev–Trinajstić information content (AvgIpc) is 2.94. The number of hydrogen-bond donors (Lipinski definition) is 2. The Kier molecular flexibility index (Phi) is 3.16. The van der Waals surface area contributed by atoms with Crippen LogP contribution in [0, 0.1) is 18.3 Å². The van der Waals surface area contributed by atoms with Gasteiger partial charge in [0.1, 0.15) is 11.6 Å². The number of carbonyl (C=O) groups excluding carboxylic acids is 1. The van der Waals surface area contributed by atoms with Crippen LogP contribution in [0.1, 0.15) is 21.6 Å². The highest BCUT2D eigenvalue weighted by atomic mass is 16.2. The number of nitrogens with one attached hydrogen (secondary N) is 1. The third-order valence-electron chi connectivity index (χ3n) is 3.19. The van der Waals surface area contributed by atoms with Crippen molar-refractivity contribution in [3.8, 4) is 6.07 Å². The maximum Gasteiger partial charge on any atom is 0.280 e. The van der Waals surface area contributed by atoms with Gasteiger partial charge in [-0.3, -0.25) is 4.79 Å². The van der Waals surface area contributed by atoms with Crippen molar-refractivity contribution in [1.82, 2.24) is 19.8 Å². The summed E-state index contributed by atoms with van der Waals surface area (Å²) in [6.45, 7) is 1.88. The predicted molar refractivity (Wildman–Crippen MR) is 79.0 cm³/mol. The van der Waals surface area contributed by atoms with E-state index in [1.165, 1.54) is 10.7 Å². The third-order valence-corrected chi connectivity index (χ3v) is 3.19. The van der Waals surface area contributed by atoms with Crippen molar-refractivity contribution in [2.45, 2.75) is 6.92 Å². The first-order valence-corrected chi connectivity index (χ1v) is 6.39. The number of fused-ring (bicyclic) bond motifs is 1. The van der Waals surface area contributed by atoms with E-state index in [0.29, 0.717) is 5.69 Å². The molecule has 0 spiro atoms. The van der Waals surface area contributed by atoms with Gasteiger partial charge in [-0.1, -0.05) is 18.2 Å². The van der Waals surface area contributed by atoms with Gasteiger partial charge in [0.2, 0.25) is 0 Å². The van der Waals surface area contributed by atoms with Crippen LogP contribution in [0.15, 0.2) is 30.5 Å². The fourth-order valence-corrected chi connectivity index (χ4v) is 2.00. The Balaban J connectivity index is 2.00. The molecule has 2 heterocycles. The Morgan fingerprint density at radius 1 is 1.36 bits per heavy atom. The van der Waals surface area contributed by atoms with Crippen LogP contribution in [0.4, 0.5) is 11.5 Å². The van der Waals surface area contributed by atoms with Gasteiger partial charge in [0.25, 0.3) is 5.91 Å². The zero-order valence-electron chi connectivity index (χ0n) is 11.6. The second-order valence-corrected chi connectivity index (χ2v) is 4.61. The zero-order chi connectivity index (χ0) is 15.7. The number of hydrogen-bond acceptors (Lipinski definition) is 6. The molecule has 2 aromatic heterocycles. The van der Waals surface area contributed by atoms with E-state index in [-0.39, 0.29) is 22.7 Å². The topological polar surface area (TPSA) is 122 Å². The SMILES string of the molecule is Cc1ccccc1NC(=O)c1nnc2c(C#N)cnn2c1N. The van der Waals surface area contributed by atoms with Crippen LogP contribution in [0.3, 0.4) is 0 Å². The minimum absolute atomic E-state index is 0.0255. The van der Waals surface area contributed by atoms with Gasteiger partial charge in [-0.15, -0.1) is 10.2 Å². The van der Waals surface area contributed by atoms with Crippen LogP contribution in [0.25, 0.3) is 5.65 Å². The smallest absolute Gasteiger partial charge is 0.280 e. The molecule has 8 heteroatoms. The fourth-order valence-electron chi connectivity index (χ4n) is 2.00. The van der Waals surface area contributed by atoms with Gasteiger partial charge in [-0.2, -0.15) is 14.9 Å². The summed E-state index contributed by atoms with van der Waals surface area (Å²) in [6.07, 6.45) is 1.32. The van der Waals surface area contributed by atoms with Crippen LogP contribution in [0.5, 0.6) is 0 Å². The summed E-state index contributed by atoms with van der Waals surface area (Å²) in [5.41, 5.74) is 7.88. The Bertz CT molecular complexity index is 923. The lowest BCUT2D eigenvalue weighted by Crippen LogP contribution is -2.19. The van der Waals surface area contributed by atoms with Crippen molar-refractivity contribution in [2.75, 3.05) is 11.1 Å². The summed E-state index contributed by atoms with van der Waals surface area (Å²) in [5, 5.41) is 23.3. The van der Waals surface area contributed by atoms with Gasteiger partial charge < -0.3 is 11.1 Å². The molecule has 3 rings (SSSR count). The lowest BCUT2D eigenvalue weighted by molar-refractivity contribution is 0.102. The van der Waals surface area contributed by atoms with Crippen LogP contribution < -0.4 is 11.1 Å². The van der Waals surface area contributed by atoms with Gasteiger partial charge in [0.05, 0.1) is 6.20 Å². The number of nitriles is 1. The van der Waals surface area contributed by atoms with E-state index in [2.05, 4.69) is 20.6 Å². The number of nitrogen functional groups attached to an aromatic ring is 1. The molecule has 8 nitrogen and oxygen atoms in total. The predicted octanol–water partition coefficient (Wildman–Crippen LogP) is 1.14. The monoisotopic (exact) mass is 293 g/mol. The molecule has 0 fully saturated rings. The molecule has 0 aliphatic heterocycles. The first-order valence-electron chi connectivity index (χ1n) is 6.39. The van der Waals surface area contributed by atoms with E-state index in [0.717, 1.165) is 5.56 Å². The van der Waals surface area contributed by atoms with E-state index in [1.54, 1.807) is 6.07 Å². The third kappa shape index (κ3) is 2.10. The number of amides is 1. The van der Waals surface area contributed by atoms with E-state index in [9.17, 15) is 4.79 Å². The Hall–Kier alpha value is -3.47. The first-order chi connectivity index (χ1) is 10.6. The minimum Gasteiger partial charge on any atom is -0.382 e. The number of rotatable bonds is 2. The molecule has 0 atom stereocenters. The molecule has 22 heavy (non-hydrogen) atoms. The molecule has 1 aromatic carbocycles. The molecule has 0 aliphatic carbocycles. The lowest BCUT2D eigenvalue weighted by atomic mass is 10.2. The molecule has 3 N–H and O–H groups in total. The van der Waals surface area contributed by atoms with Crippen molar-refractivity contribution >= 4 is 23.1 Å².